The zero-order valence-electron chi connectivity index (χ0n) is 7.18. The van der Waals surface area contributed by atoms with Crippen molar-refractivity contribution < 1.29 is 24.8 Å². The molecule has 0 unspecified atom stereocenters. The average molecular weight is 206 g/mol. The molecule has 0 amide bonds. The molecule has 0 spiro atoms. The molecule has 0 atom stereocenters. The summed E-state index contributed by atoms with van der Waals surface area (Å²) in [5.41, 5.74) is 0. The Kier molecular flexibility index (Phi) is 10.1. The molecular weight excluding hydrogens is 196 g/mol. The van der Waals surface area contributed by atoms with Gasteiger partial charge in [0.05, 0.1) is 0 Å². The van der Waals surface area contributed by atoms with Gasteiger partial charge in [-0.25, -0.2) is 24.3 Å². The van der Waals surface area contributed by atoms with Crippen molar-refractivity contribution in [2.45, 2.75) is 0 Å². The second kappa shape index (κ2) is 11.0. The van der Waals surface area contributed by atoms with E-state index in [0.717, 1.165) is 0 Å². The van der Waals surface area contributed by atoms with E-state index in [0.29, 0.717) is 0 Å². The minimum absolute atomic E-state index is 1.32. The van der Waals surface area contributed by atoms with Gasteiger partial charge in [-0.2, -0.15) is 36.4 Å². The molecule has 0 saturated carbocycles. The molecule has 0 radical (unpaired) electrons. The van der Waals surface area contributed by atoms with Crippen LogP contribution < -0.4 is 0 Å². The van der Waals surface area contributed by atoms with E-state index >= 15 is 0 Å². The fourth-order valence-electron chi connectivity index (χ4n) is 0.642. The van der Waals surface area contributed by atoms with E-state index in [1.165, 1.54) is 24.2 Å². The summed E-state index contributed by atoms with van der Waals surface area (Å²) in [4.78, 5) is 8.68. The summed E-state index contributed by atoms with van der Waals surface area (Å²) in [6, 6.07) is 20.0. The first-order valence-corrected chi connectivity index (χ1v) is 4.57. The van der Waals surface area contributed by atoms with Gasteiger partial charge in [-0.3, -0.25) is 0 Å². The van der Waals surface area contributed by atoms with Crippen molar-refractivity contribution in [1.29, 1.82) is 0 Å². The summed E-state index contributed by atoms with van der Waals surface area (Å²) in [5.74, 6) is 0. The Balaban J connectivity index is 0.000000174. The number of rotatable bonds is 0. The zero-order valence-corrected chi connectivity index (χ0v) is 8.74. The van der Waals surface area contributed by atoms with E-state index in [1.54, 1.807) is 0 Å². The number of hydrogen-bond donors (Lipinski definition) is 0. The Morgan fingerprint density at radius 2 is 1.08 bits per heavy atom. The van der Waals surface area contributed by atoms with Crippen LogP contribution in [0.5, 0.6) is 0 Å². The van der Waals surface area contributed by atoms with E-state index < -0.39 is 0 Å². The molecule has 2 aromatic carbocycles. The van der Waals surface area contributed by atoms with Crippen molar-refractivity contribution in [3.63, 3.8) is 0 Å². The largest absolute Gasteiger partial charge is 0.214 e. The predicted octanol–water partition coefficient (Wildman–Crippen LogP) is 2.41. The molecule has 0 N–H and O–H groups in total. The van der Waals surface area contributed by atoms with Gasteiger partial charge >= 0.3 is 28.9 Å². The molecule has 2 heteroatoms. The molecule has 0 aliphatic rings. The van der Waals surface area contributed by atoms with Crippen LogP contribution in [0.2, 0.25) is 0 Å². The Labute approximate surface area is 89.7 Å². The van der Waals surface area contributed by atoms with Crippen molar-refractivity contribution >= 4 is 4.18 Å². The summed E-state index contributed by atoms with van der Waals surface area (Å²) in [6.45, 7) is 0. The van der Waals surface area contributed by atoms with Gasteiger partial charge in [0.2, 0.25) is 0 Å². The second-order valence-electron chi connectivity index (χ2n) is 2.03. The summed E-state index contributed by atoms with van der Waals surface area (Å²) in [6.07, 6.45) is 0. The van der Waals surface area contributed by atoms with Gasteiger partial charge in [0.15, 0.2) is 0 Å². The van der Waals surface area contributed by atoms with E-state index in [-0.39, 0.29) is 0 Å². The Hall–Kier alpha value is -1.01. The van der Waals surface area contributed by atoms with Crippen LogP contribution in [-0.2, 0) is 24.8 Å². The molecule has 0 heterocycles. The van der Waals surface area contributed by atoms with Crippen LogP contribution >= 0.6 is 0 Å². The molecule has 0 aromatic heterocycles. The quantitative estimate of drug-likeness (QED) is 0.477. The molecule has 0 bridgehead atoms. The van der Waals surface area contributed by atoms with Crippen LogP contribution in [-0.4, -0.2) is 4.18 Å². The molecule has 0 aliphatic heterocycles. The van der Waals surface area contributed by atoms with Crippen LogP contribution in [0.4, 0.5) is 0 Å². The van der Waals surface area contributed by atoms with Gasteiger partial charge in [-0.05, 0) is 0 Å². The first kappa shape index (κ1) is 12.0. The third-order valence-electron chi connectivity index (χ3n) is 1.11. The molecular formula is C11H10OTi. The number of carbonyl (C=O) groups excluding carboxylic acids is 1. The van der Waals surface area contributed by atoms with E-state index in [2.05, 4.69) is 0 Å². The van der Waals surface area contributed by atoms with Crippen LogP contribution in [0.15, 0.2) is 60.7 Å². The smallest absolute Gasteiger partial charge is 0.172 e. The van der Waals surface area contributed by atoms with Crippen molar-refractivity contribution in [2.24, 2.45) is 0 Å². The number of hydrogen-bond acceptors (Lipinski definition) is 1. The summed E-state index contributed by atoms with van der Waals surface area (Å²) < 4.78 is 1.50. The van der Waals surface area contributed by atoms with Gasteiger partial charge in [-0.15, -0.1) is 0 Å². The van der Waals surface area contributed by atoms with Crippen molar-refractivity contribution in [3.8, 4) is 0 Å². The van der Waals surface area contributed by atoms with Gasteiger partial charge in [0.25, 0.3) is 0 Å². The van der Waals surface area contributed by atoms with E-state index in [1.807, 2.05) is 60.7 Å². The maximum Gasteiger partial charge on any atom is -0.172 e. The molecule has 2 rings (SSSR count). The Morgan fingerprint density at radius 1 is 0.846 bits per heavy atom. The van der Waals surface area contributed by atoms with Crippen molar-refractivity contribution in [3.05, 3.63) is 60.7 Å². The normalized spacial score (nSPS) is 6.92. The SMILES string of the molecule is O=[C]=[Ti+2].c1cc[cH-]c1.c1cc[cH-]c1. The first-order valence-electron chi connectivity index (χ1n) is 3.79. The second-order valence-corrected chi connectivity index (χ2v) is 2.35. The Bertz CT molecular complexity index is 215. The zero-order chi connectivity index (χ0) is 9.78. The third kappa shape index (κ3) is 11.0. The van der Waals surface area contributed by atoms with Crippen LogP contribution in [0.1, 0.15) is 0 Å². The predicted molar refractivity (Wildman–Crippen MR) is 49.8 cm³/mol. The fourth-order valence-corrected chi connectivity index (χ4v) is 0.642. The average Bonchev–Trinajstić information content (AvgIpc) is 2.85. The monoisotopic (exact) mass is 206 g/mol. The molecule has 13 heavy (non-hydrogen) atoms. The summed E-state index contributed by atoms with van der Waals surface area (Å²) in [7, 11) is 0. The maximum atomic E-state index is 8.68. The van der Waals surface area contributed by atoms with Gasteiger partial charge < -0.3 is 0 Å². The van der Waals surface area contributed by atoms with Crippen molar-refractivity contribution in [2.75, 3.05) is 0 Å². The van der Waals surface area contributed by atoms with E-state index in [9.17, 15) is 0 Å². The minimum atomic E-state index is 1.32. The summed E-state index contributed by atoms with van der Waals surface area (Å²) in [5, 5.41) is 0. The summed E-state index contributed by atoms with van der Waals surface area (Å²) >= 11 is 1.32. The topological polar surface area (TPSA) is 17.1 Å². The van der Waals surface area contributed by atoms with Crippen LogP contribution in [0.3, 0.4) is 0 Å². The van der Waals surface area contributed by atoms with Gasteiger partial charge in [-0.1, -0.05) is 0 Å². The van der Waals surface area contributed by atoms with Gasteiger partial charge in [0, 0.05) is 0 Å². The van der Waals surface area contributed by atoms with Crippen LogP contribution in [0.25, 0.3) is 0 Å². The first-order chi connectivity index (χ1) is 6.41. The molecule has 0 aliphatic carbocycles. The maximum absolute atomic E-state index is 8.68. The standard InChI is InChI=1S/2C5H5.CO.Ti/c2*1-2-4-5-3-1;1-2;/h2*1-5H;;/q2*-1;;+2. The molecule has 64 valence electrons. The third-order valence-corrected chi connectivity index (χ3v) is 1.11. The molecule has 1 nitrogen and oxygen atoms in total. The van der Waals surface area contributed by atoms with Crippen molar-refractivity contribution in [1.82, 2.24) is 0 Å². The minimum Gasteiger partial charge on any atom is -0.214 e. The molecule has 0 fully saturated rings. The van der Waals surface area contributed by atoms with Crippen LogP contribution in [0, 0.1) is 0 Å². The molecule has 2 aromatic rings. The fraction of sp³-hybridized carbons (Fsp3) is 0. The van der Waals surface area contributed by atoms with E-state index in [4.69, 9.17) is 4.79 Å². The Morgan fingerprint density at radius 3 is 1.15 bits per heavy atom. The van der Waals surface area contributed by atoms with Gasteiger partial charge in [0.1, 0.15) is 0 Å². The molecule has 0 saturated heterocycles.